The van der Waals surface area contributed by atoms with Crippen molar-refractivity contribution in [2.24, 2.45) is 5.92 Å². The SMILES string of the molecule is CN(C(=O)/C=C/c1ccco1)[C@H]1CC[C@@]2(O)[C@H]3Cc4ccc(O)c5c4[C@@]2(CCN3CC2CC2)[C@H]1O5.Cl. The first kappa shape index (κ1) is 23.9. The number of hydrogen-bond acceptors (Lipinski definition) is 6. The average Bonchev–Trinajstić information content (AvgIpc) is 3.36. The molecule has 7 nitrogen and oxygen atoms in total. The van der Waals surface area contributed by atoms with Gasteiger partial charge in [-0.3, -0.25) is 9.69 Å². The second kappa shape index (κ2) is 8.27. The van der Waals surface area contributed by atoms with Gasteiger partial charge in [-0.1, -0.05) is 6.07 Å². The Hall–Kier alpha value is -2.48. The minimum Gasteiger partial charge on any atom is -0.504 e. The van der Waals surface area contributed by atoms with Crippen molar-refractivity contribution in [2.45, 2.75) is 67.7 Å². The van der Waals surface area contributed by atoms with E-state index in [-0.39, 0.29) is 36.1 Å². The number of hydrogen-bond donors (Lipinski definition) is 2. The Kier molecular flexibility index (Phi) is 5.49. The molecule has 2 bridgehead atoms. The molecule has 2 aliphatic heterocycles. The van der Waals surface area contributed by atoms with E-state index in [9.17, 15) is 15.0 Å². The Morgan fingerprint density at radius 3 is 2.83 bits per heavy atom. The van der Waals surface area contributed by atoms with Gasteiger partial charge in [0.2, 0.25) is 5.91 Å². The van der Waals surface area contributed by atoms with Gasteiger partial charge in [0.15, 0.2) is 11.5 Å². The van der Waals surface area contributed by atoms with Gasteiger partial charge < -0.3 is 24.3 Å². The summed E-state index contributed by atoms with van der Waals surface area (Å²) in [6.45, 7) is 1.95. The van der Waals surface area contributed by atoms with Crippen LogP contribution in [0.15, 0.2) is 41.0 Å². The van der Waals surface area contributed by atoms with Gasteiger partial charge in [0.1, 0.15) is 11.9 Å². The lowest BCUT2D eigenvalue weighted by molar-refractivity contribution is -0.200. The predicted molar refractivity (Wildman–Crippen MR) is 136 cm³/mol. The smallest absolute Gasteiger partial charge is 0.246 e. The van der Waals surface area contributed by atoms with Crippen LogP contribution >= 0.6 is 12.4 Å². The average molecular weight is 513 g/mol. The van der Waals surface area contributed by atoms with Crippen LogP contribution in [0.1, 0.15) is 49.0 Å². The maximum absolute atomic E-state index is 13.2. The van der Waals surface area contributed by atoms with Crippen LogP contribution in [-0.2, 0) is 16.6 Å². The molecule has 2 saturated carbocycles. The lowest BCUT2D eigenvalue weighted by Gasteiger charge is -2.64. The zero-order valence-electron chi connectivity index (χ0n) is 20.4. The number of ether oxygens (including phenoxy) is 1. The predicted octanol–water partition coefficient (Wildman–Crippen LogP) is 3.51. The number of amides is 1. The molecular weight excluding hydrogens is 480 g/mol. The fraction of sp³-hybridized carbons (Fsp3) is 0.536. The second-order valence-electron chi connectivity index (χ2n) is 11.2. The summed E-state index contributed by atoms with van der Waals surface area (Å²) in [5, 5.41) is 23.3. The molecule has 36 heavy (non-hydrogen) atoms. The quantitative estimate of drug-likeness (QED) is 0.596. The van der Waals surface area contributed by atoms with E-state index in [2.05, 4.69) is 4.90 Å². The van der Waals surface area contributed by atoms with Gasteiger partial charge in [0, 0.05) is 31.3 Å². The van der Waals surface area contributed by atoms with E-state index >= 15 is 0 Å². The molecule has 1 spiro atoms. The van der Waals surface area contributed by atoms with Gasteiger partial charge in [-0.25, -0.2) is 0 Å². The lowest BCUT2D eigenvalue weighted by Crippen LogP contribution is -2.78. The third-order valence-corrected chi connectivity index (χ3v) is 9.51. The van der Waals surface area contributed by atoms with Crippen molar-refractivity contribution in [1.82, 2.24) is 9.80 Å². The number of furan rings is 1. The minimum atomic E-state index is -0.943. The maximum Gasteiger partial charge on any atom is 0.246 e. The molecule has 0 radical (unpaired) electrons. The first-order valence-corrected chi connectivity index (χ1v) is 12.9. The molecule has 2 N–H and O–H groups in total. The summed E-state index contributed by atoms with van der Waals surface area (Å²) in [5.41, 5.74) is 0.592. The van der Waals surface area contributed by atoms with E-state index in [0.29, 0.717) is 24.4 Å². The number of piperidine rings is 1. The van der Waals surface area contributed by atoms with Crippen molar-refractivity contribution in [3.63, 3.8) is 0 Å². The number of halogens is 1. The van der Waals surface area contributed by atoms with Crippen molar-refractivity contribution in [1.29, 1.82) is 0 Å². The number of aliphatic hydroxyl groups is 1. The molecule has 1 amide bonds. The van der Waals surface area contributed by atoms with Gasteiger partial charge in [0.05, 0.1) is 23.3 Å². The van der Waals surface area contributed by atoms with E-state index in [1.54, 1.807) is 29.4 Å². The normalized spacial score (nSPS) is 34.1. The number of benzene rings is 1. The zero-order chi connectivity index (χ0) is 23.9. The molecule has 0 unspecified atom stereocenters. The summed E-state index contributed by atoms with van der Waals surface area (Å²) in [6.07, 6.45) is 9.76. The first-order valence-electron chi connectivity index (χ1n) is 12.9. The van der Waals surface area contributed by atoms with Crippen molar-refractivity contribution < 1.29 is 24.2 Å². The highest BCUT2D eigenvalue weighted by Crippen LogP contribution is 2.66. The Labute approximate surface area is 217 Å². The minimum absolute atomic E-state index is 0. The number of carbonyl (C=O) groups excluding carboxylic acids is 1. The number of nitrogens with zero attached hydrogens (tertiary/aromatic N) is 2. The van der Waals surface area contributed by atoms with Crippen LogP contribution in [0, 0.1) is 5.92 Å². The van der Waals surface area contributed by atoms with Gasteiger partial charge in [-0.15, -0.1) is 12.4 Å². The van der Waals surface area contributed by atoms with Crippen molar-refractivity contribution in [2.75, 3.05) is 20.1 Å². The molecule has 8 heteroatoms. The van der Waals surface area contributed by atoms with Crippen LogP contribution < -0.4 is 4.74 Å². The van der Waals surface area contributed by atoms with Crippen molar-refractivity contribution >= 4 is 24.4 Å². The molecule has 3 aliphatic carbocycles. The second-order valence-corrected chi connectivity index (χ2v) is 11.2. The number of carbonyl (C=O) groups is 1. The summed E-state index contributed by atoms with van der Waals surface area (Å²) >= 11 is 0. The molecule has 192 valence electrons. The summed E-state index contributed by atoms with van der Waals surface area (Å²) in [6, 6.07) is 7.16. The van der Waals surface area contributed by atoms with E-state index in [1.165, 1.54) is 24.5 Å². The Balaban J connectivity index is 0.00000240. The molecule has 3 heterocycles. The van der Waals surface area contributed by atoms with Crippen molar-refractivity contribution in [3.8, 4) is 11.5 Å². The summed E-state index contributed by atoms with van der Waals surface area (Å²) in [4.78, 5) is 17.5. The molecule has 5 aliphatic rings. The number of likely N-dealkylation sites (N-methyl/N-ethyl adjacent to an activating group) is 1. The van der Waals surface area contributed by atoms with Crippen LogP contribution in [0.4, 0.5) is 0 Å². The van der Waals surface area contributed by atoms with E-state index < -0.39 is 17.1 Å². The van der Waals surface area contributed by atoms with Crippen LogP contribution in [0.3, 0.4) is 0 Å². The van der Waals surface area contributed by atoms with E-state index in [0.717, 1.165) is 37.4 Å². The summed E-state index contributed by atoms with van der Waals surface area (Å²) in [5.74, 6) is 1.88. The topological polar surface area (TPSA) is 86.4 Å². The first-order chi connectivity index (χ1) is 16.9. The lowest BCUT2D eigenvalue weighted by atomic mass is 9.48. The molecule has 1 saturated heterocycles. The monoisotopic (exact) mass is 512 g/mol. The molecular formula is C28H33ClN2O5. The highest BCUT2D eigenvalue weighted by Gasteiger charge is 2.73. The largest absolute Gasteiger partial charge is 0.504 e. The number of phenols is 1. The molecule has 3 fully saturated rings. The summed E-state index contributed by atoms with van der Waals surface area (Å²) in [7, 11) is 1.82. The number of phenolic OH excluding ortho intramolecular Hbond substituents is 1. The Morgan fingerprint density at radius 2 is 2.08 bits per heavy atom. The maximum atomic E-state index is 13.2. The van der Waals surface area contributed by atoms with E-state index in [4.69, 9.17) is 9.15 Å². The third-order valence-electron chi connectivity index (χ3n) is 9.51. The number of aromatic hydroxyl groups is 1. The van der Waals surface area contributed by atoms with Gasteiger partial charge in [0.25, 0.3) is 0 Å². The third kappa shape index (κ3) is 3.15. The van der Waals surface area contributed by atoms with Crippen LogP contribution in [0.2, 0.25) is 0 Å². The van der Waals surface area contributed by atoms with Crippen LogP contribution in [0.5, 0.6) is 11.5 Å². The molecule has 5 atom stereocenters. The highest BCUT2D eigenvalue weighted by atomic mass is 35.5. The Bertz CT molecular complexity index is 1210. The molecule has 1 aromatic carbocycles. The zero-order valence-corrected chi connectivity index (χ0v) is 21.2. The fourth-order valence-electron chi connectivity index (χ4n) is 7.67. The summed E-state index contributed by atoms with van der Waals surface area (Å²) < 4.78 is 11.9. The molecule has 2 aromatic rings. The van der Waals surface area contributed by atoms with Gasteiger partial charge in [-0.05, 0) is 80.8 Å². The van der Waals surface area contributed by atoms with Gasteiger partial charge >= 0.3 is 0 Å². The van der Waals surface area contributed by atoms with Crippen molar-refractivity contribution in [3.05, 3.63) is 53.5 Å². The molecule has 1 aromatic heterocycles. The van der Waals surface area contributed by atoms with Crippen LogP contribution in [0.25, 0.3) is 6.08 Å². The van der Waals surface area contributed by atoms with Gasteiger partial charge in [-0.2, -0.15) is 0 Å². The fourth-order valence-corrected chi connectivity index (χ4v) is 7.67. The van der Waals surface area contributed by atoms with E-state index in [1.807, 2.05) is 19.2 Å². The molecule has 7 rings (SSSR count). The standard InChI is InChI=1S/C28H32N2O5.ClH/c1-29(23(32)9-7-19-3-2-14-34-19)20-10-11-28(33)22-15-18-6-8-21(31)25-24(18)27(28,26(20)35-25)12-13-30(22)16-17-4-5-17;/h2-3,6-9,14,17,20,22,26,31,33H,4-5,10-13,15-16H2,1H3;1H/b9-7+;/t20-,22+,26-,27-,28+;/m0./s1. The van der Waals surface area contributed by atoms with Crippen LogP contribution in [-0.4, -0.2) is 69.8 Å². The highest BCUT2D eigenvalue weighted by molar-refractivity contribution is 5.91. The Morgan fingerprint density at radius 1 is 1.25 bits per heavy atom. The number of likely N-dealkylation sites (tertiary alicyclic amines) is 1. The number of rotatable bonds is 5.